The average Bonchev–Trinajstić information content (AvgIpc) is 3.27. The predicted molar refractivity (Wildman–Crippen MR) is 117 cm³/mol. The molecule has 0 saturated carbocycles. The van der Waals surface area contributed by atoms with E-state index in [1.807, 2.05) is 0 Å². The third-order valence-electron chi connectivity index (χ3n) is 3.91. The van der Waals surface area contributed by atoms with E-state index in [-0.39, 0.29) is 11.4 Å². The molecule has 3 aromatic rings. The molecule has 1 heterocycles. The first-order valence-electron chi connectivity index (χ1n) is 8.82. The Morgan fingerprint density at radius 3 is 2.39 bits per heavy atom. The highest BCUT2D eigenvalue weighted by Gasteiger charge is 2.15. The molecule has 0 aliphatic rings. The zero-order chi connectivity index (χ0) is 22.2. The van der Waals surface area contributed by atoms with Gasteiger partial charge in [-0.25, -0.2) is 5.43 Å². The zero-order valence-electron chi connectivity index (χ0n) is 15.8. The fourth-order valence-corrected chi connectivity index (χ4v) is 2.64. The van der Waals surface area contributed by atoms with E-state index in [4.69, 9.17) is 4.42 Å². The van der Waals surface area contributed by atoms with Gasteiger partial charge in [-0.1, -0.05) is 15.9 Å². The van der Waals surface area contributed by atoms with Gasteiger partial charge in [-0.2, -0.15) is 5.10 Å². The van der Waals surface area contributed by atoms with E-state index in [0.717, 1.165) is 4.47 Å². The number of carbonyl (C=O) groups is 2. The largest absolute Gasteiger partial charge is 0.465 e. The van der Waals surface area contributed by atoms with Crippen molar-refractivity contribution < 1.29 is 18.9 Å². The molecule has 1 aromatic heterocycles. The van der Waals surface area contributed by atoms with Gasteiger partial charge in [0.25, 0.3) is 17.5 Å². The number of halogens is 1. The lowest BCUT2D eigenvalue weighted by molar-refractivity contribution is -0.384. The second kappa shape index (κ2) is 10.1. The summed E-state index contributed by atoms with van der Waals surface area (Å²) < 4.78 is 6.03. The summed E-state index contributed by atoms with van der Waals surface area (Å²) in [5, 5.41) is 17.1. The van der Waals surface area contributed by atoms with Gasteiger partial charge in [0, 0.05) is 28.2 Å². The van der Waals surface area contributed by atoms with Crippen molar-refractivity contribution in [3.8, 4) is 0 Å². The molecule has 31 heavy (non-hydrogen) atoms. The number of non-ortho nitro benzene ring substituents is 1. The van der Waals surface area contributed by atoms with Crippen LogP contribution in [-0.2, 0) is 4.79 Å². The Hall–Kier alpha value is -4.05. The number of nitro benzene ring substituents is 1. The lowest BCUT2D eigenvalue weighted by atomic mass is 10.2. The van der Waals surface area contributed by atoms with Crippen LogP contribution in [0.2, 0.25) is 0 Å². The Morgan fingerprint density at radius 1 is 1.06 bits per heavy atom. The van der Waals surface area contributed by atoms with Gasteiger partial charge in [0.1, 0.15) is 11.5 Å². The van der Waals surface area contributed by atoms with E-state index in [2.05, 4.69) is 31.8 Å². The fourth-order valence-electron chi connectivity index (χ4n) is 2.38. The summed E-state index contributed by atoms with van der Waals surface area (Å²) in [6.45, 7) is 0. The highest BCUT2D eigenvalue weighted by Crippen LogP contribution is 2.12. The average molecular weight is 483 g/mol. The Kier molecular flexibility index (Phi) is 7.07. The Labute approximate surface area is 184 Å². The van der Waals surface area contributed by atoms with Gasteiger partial charge in [0.15, 0.2) is 0 Å². The number of carbonyl (C=O) groups excluding carboxylic acids is 2. The van der Waals surface area contributed by atoms with Gasteiger partial charge in [0.05, 0.1) is 17.4 Å². The molecule has 0 atom stereocenters. The second-order valence-electron chi connectivity index (χ2n) is 6.08. The normalized spacial score (nSPS) is 11.3. The molecule has 10 heteroatoms. The molecule has 2 aromatic carbocycles. The molecule has 9 nitrogen and oxygen atoms in total. The number of furan rings is 1. The van der Waals surface area contributed by atoms with E-state index in [1.165, 1.54) is 42.8 Å². The van der Waals surface area contributed by atoms with Crippen molar-refractivity contribution in [1.82, 2.24) is 10.7 Å². The molecule has 0 bridgehead atoms. The summed E-state index contributed by atoms with van der Waals surface area (Å²) in [5.41, 5.74) is 3.08. The van der Waals surface area contributed by atoms with E-state index >= 15 is 0 Å². The molecule has 0 fully saturated rings. The van der Waals surface area contributed by atoms with E-state index in [0.29, 0.717) is 16.9 Å². The lowest BCUT2D eigenvalue weighted by Crippen LogP contribution is -2.32. The predicted octanol–water partition coefficient (Wildman–Crippen LogP) is 3.87. The standard InChI is InChI=1S/C21H15BrN4O5/c22-16-7-5-15(6-8-16)20(27)24-19(12-18-2-1-11-31-18)21(28)25-23-13-14-3-9-17(10-4-14)26(29)30/h1-13H,(H,24,27)(H,25,28)/b19-12-,23-13+. The minimum atomic E-state index is -0.681. The molecular weight excluding hydrogens is 468 g/mol. The molecule has 2 N–H and O–H groups in total. The summed E-state index contributed by atoms with van der Waals surface area (Å²) in [4.78, 5) is 35.3. The van der Waals surface area contributed by atoms with Gasteiger partial charge < -0.3 is 9.73 Å². The van der Waals surface area contributed by atoms with Gasteiger partial charge in [-0.15, -0.1) is 0 Å². The van der Waals surface area contributed by atoms with Gasteiger partial charge in [-0.3, -0.25) is 19.7 Å². The summed E-state index contributed by atoms with van der Waals surface area (Å²) in [7, 11) is 0. The number of benzene rings is 2. The van der Waals surface area contributed by atoms with Crippen molar-refractivity contribution in [3.63, 3.8) is 0 Å². The van der Waals surface area contributed by atoms with Crippen LogP contribution in [0.4, 0.5) is 5.69 Å². The molecule has 156 valence electrons. The Balaban J connectivity index is 1.72. The number of nitrogens with zero attached hydrogens (tertiary/aromatic N) is 2. The van der Waals surface area contributed by atoms with Crippen LogP contribution in [0.1, 0.15) is 21.7 Å². The summed E-state index contributed by atoms with van der Waals surface area (Å²) in [5.74, 6) is -0.805. The summed E-state index contributed by atoms with van der Waals surface area (Å²) in [6.07, 6.45) is 4.13. The van der Waals surface area contributed by atoms with Crippen LogP contribution in [0.15, 0.2) is 86.6 Å². The molecule has 3 rings (SSSR count). The fraction of sp³-hybridized carbons (Fsp3) is 0. The van der Waals surface area contributed by atoms with Crippen LogP contribution in [0, 0.1) is 10.1 Å². The highest BCUT2D eigenvalue weighted by atomic mass is 79.9. The highest BCUT2D eigenvalue weighted by molar-refractivity contribution is 9.10. The molecule has 2 amide bonds. The molecule has 0 radical (unpaired) electrons. The number of hydrazone groups is 1. The monoisotopic (exact) mass is 482 g/mol. The first kappa shape index (κ1) is 21.7. The van der Waals surface area contributed by atoms with Crippen LogP contribution in [-0.4, -0.2) is 23.0 Å². The zero-order valence-corrected chi connectivity index (χ0v) is 17.4. The number of nitro groups is 1. The maximum absolute atomic E-state index is 12.6. The van der Waals surface area contributed by atoms with Crippen molar-refractivity contribution in [2.75, 3.05) is 0 Å². The van der Waals surface area contributed by atoms with Crippen molar-refractivity contribution in [2.24, 2.45) is 5.10 Å². The molecule has 0 unspecified atom stereocenters. The quantitative estimate of drug-likeness (QED) is 0.228. The number of nitrogens with one attached hydrogen (secondary N) is 2. The molecule has 0 spiro atoms. The van der Waals surface area contributed by atoms with Crippen LogP contribution in [0.3, 0.4) is 0 Å². The molecule has 0 saturated heterocycles. The second-order valence-corrected chi connectivity index (χ2v) is 7.00. The third kappa shape index (κ3) is 6.21. The van der Waals surface area contributed by atoms with E-state index in [9.17, 15) is 19.7 Å². The first-order chi connectivity index (χ1) is 14.9. The summed E-state index contributed by atoms with van der Waals surface area (Å²) >= 11 is 3.30. The van der Waals surface area contributed by atoms with Crippen LogP contribution in [0.25, 0.3) is 6.08 Å². The number of hydrogen-bond acceptors (Lipinski definition) is 6. The number of amides is 2. The topological polar surface area (TPSA) is 127 Å². The summed E-state index contributed by atoms with van der Waals surface area (Å²) in [6, 6.07) is 15.5. The number of hydrogen-bond donors (Lipinski definition) is 2. The minimum absolute atomic E-state index is 0.0551. The molecular formula is C21H15BrN4O5. The van der Waals surface area contributed by atoms with Gasteiger partial charge in [-0.05, 0) is 54.1 Å². The molecule has 0 aliphatic carbocycles. The maximum atomic E-state index is 12.6. The van der Waals surface area contributed by atoms with E-state index < -0.39 is 16.7 Å². The van der Waals surface area contributed by atoms with Crippen molar-refractivity contribution >= 4 is 45.7 Å². The van der Waals surface area contributed by atoms with Gasteiger partial charge >= 0.3 is 0 Å². The van der Waals surface area contributed by atoms with Crippen molar-refractivity contribution in [3.05, 3.63) is 104 Å². The van der Waals surface area contributed by atoms with Crippen molar-refractivity contribution in [2.45, 2.75) is 0 Å². The lowest BCUT2D eigenvalue weighted by Gasteiger charge is -2.08. The number of rotatable bonds is 7. The first-order valence-corrected chi connectivity index (χ1v) is 9.61. The Bertz CT molecular complexity index is 1140. The maximum Gasteiger partial charge on any atom is 0.288 e. The van der Waals surface area contributed by atoms with E-state index in [1.54, 1.807) is 36.4 Å². The van der Waals surface area contributed by atoms with Crippen LogP contribution < -0.4 is 10.7 Å². The van der Waals surface area contributed by atoms with Gasteiger partial charge in [0.2, 0.25) is 0 Å². The van der Waals surface area contributed by atoms with Crippen LogP contribution >= 0.6 is 15.9 Å². The molecule has 0 aliphatic heterocycles. The Morgan fingerprint density at radius 2 is 1.77 bits per heavy atom. The van der Waals surface area contributed by atoms with Crippen LogP contribution in [0.5, 0.6) is 0 Å². The minimum Gasteiger partial charge on any atom is -0.465 e. The van der Waals surface area contributed by atoms with Crippen molar-refractivity contribution in [1.29, 1.82) is 0 Å². The SMILES string of the molecule is O=C(N/N=C/c1ccc([N+](=O)[O-])cc1)/C(=C/c1ccco1)NC(=O)c1ccc(Br)cc1. The third-order valence-corrected chi connectivity index (χ3v) is 4.44. The smallest absolute Gasteiger partial charge is 0.288 e.